The van der Waals surface area contributed by atoms with Gasteiger partial charge in [0, 0.05) is 30.8 Å². The molecule has 2 aromatic rings. The van der Waals surface area contributed by atoms with E-state index in [1.54, 1.807) is 12.1 Å². The van der Waals surface area contributed by atoms with E-state index in [2.05, 4.69) is 0 Å². The Morgan fingerprint density at radius 1 is 1.07 bits per heavy atom. The molecule has 0 aromatic heterocycles. The fourth-order valence-corrected chi connectivity index (χ4v) is 3.92. The summed E-state index contributed by atoms with van der Waals surface area (Å²) >= 11 is 0. The lowest BCUT2D eigenvalue weighted by Gasteiger charge is -2.30. The van der Waals surface area contributed by atoms with Crippen LogP contribution in [0.1, 0.15) is 38.3 Å². The predicted molar refractivity (Wildman–Crippen MR) is 109 cm³/mol. The van der Waals surface area contributed by atoms with Gasteiger partial charge in [-0.15, -0.1) is 0 Å². The topological polar surface area (TPSA) is 99.0 Å². The van der Waals surface area contributed by atoms with E-state index in [4.69, 9.17) is 9.47 Å². The third-order valence-corrected chi connectivity index (χ3v) is 5.52. The molecular formula is C22H22N2O6. The minimum absolute atomic E-state index is 0.0767. The highest BCUT2D eigenvalue weighted by atomic mass is 16.6. The molecule has 0 radical (unpaired) electrons. The number of fused-ring (bicyclic) bond motifs is 1. The van der Waals surface area contributed by atoms with Crippen LogP contribution in [0.5, 0.6) is 0 Å². The molecule has 156 valence electrons. The van der Waals surface area contributed by atoms with Crippen LogP contribution in [0.25, 0.3) is 0 Å². The SMILES string of the molecule is O=C(COC(=O)c1cc([N+](=O)[O-])ccc1N1CCOCC1)c1ccc2c(c1)CCC2. The molecule has 1 aliphatic carbocycles. The zero-order valence-electron chi connectivity index (χ0n) is 16.5. The number of Topliss-reactive ketones (excluding diaryl/α,β-unsaturated/α-hetero) is 1. The van der Waals surface area contributed by atoms with Crippen molar-refractivity contribution < 1.29 is 24.0 Å². The number of aryl methyl sites for hydroxylation is 2. The number of rotatable bonds is 6. The van der Waals surface area contributed by atoms with Crippen molar-refractivity contribution in [2.75, 3.05) is 37.8 Å². The van der Waals surface area contributed by atoms with Crippen molar-refractivity contribution in [3.8, 4) is 0 Å². The molecule has 4 rings (SSSR count). The van der Waals surface area contributed by atoms with Crippen LogP contribution in [0.2, 0.25) is 0 Å². The summed E-state index contributed by atoms with van der Waals surface area (Å²) in [4.78, 5) is 37.8. The summed E-state index contributed by atoms with van der Waals surface area (Å²) in [5, 5.41) is 11.2. The minimum atomic E-state index is -0.755. The Labute approximate surface area is 173 Å². The molecule has 1 saturated heterocycles. The molecule has 1 heterocycles. The lowest BCUT2D eigenvalue weighted by molar-refractivity contribution is -0.384. The van der Waals surface area contributed by atoms with Gasteiger partial charge in [-0.1, -0.05) is 12.1 Å². The van der Waals surface area contributed by atoms with Crippen LogP contribution in [-0.4, -0.2) is 49.6 Å². The molecule has 0 atom stereocenters. The molecule has 0 N–H and O–H groups in total. The number of nitro benzene ring substituents is 1. The van der Waals surface area contributed by atoms with Gasteiger partial charge in [0.15, 0.2) is 12.4 Å². The van der Waals surface area contributed by atoms with Gasteiger partial charge in [0.05, 0.1) is 29.4 Å². The average molecular weight is 410 g/mol. The highest BCUT2D eigenvalue weighted by Gasteiger charge is 2.24. The molecule has 2 aliphatic rings. The third kappa shape index (κ3) is 4.18. The smallest absolute Gasteiger partial charge is 0.340 e. The highest BCUT2D eigenvalue weighted by molar-refractivity contribution is 6.01. The van der Waals surface area contributed by atoms with E-state index in [1.165, 1.54) is 23.3 Å². The number of ketones is 1. The number of morpholine rings is 1. The van der Waals surface area contributed by atoms with E-state index in [9.17, 15) is 19.7 Å². The van der Waals surface area contributed by atoms with Crippen LogP contribution >= 0.6 is 0 Å². The van der Waals surface area contributed by atoms with Crippen molar-refractivity contribution in [2.45, 2.75) is 19.3 Å². The van der Waals surface area contributed by atoms with Gasteiger partial charge >= 0.3 is 5.97 Å². The summed E-state index contributed by atoms with van der Waals surface area (Å²) in [5.74, 6) is -1.05. The monoisotopic (exact) mass is 410 g/mol. The van der Waals surface area contributed by atoms with Crippen LogP contribution in [0.3, 0.4) is 0 Å². The molecular weight excluding hydrogens is 388 g/mol. The molecule has 8 heteroatoms. The van der Waals surface area contributed by atoms with Crippen LogP contribution in [0.15, 0.2) is 36.4 Å². The van der Waals surface area contributed by atoms with Gasteiger partial charge in [0.2, 0.25) is 0 Å². The van der Waals surface area contributed by atoms with Gasteiger partial charge in [-0.2, -0.15) is 0 Å². The van der Waals surface area contributed by atoms with Gasteiger partial charge in [0.1, 0.15) is 0 Å². The molecule has 0 spiro atoms. The van der Waals surface area contributed by atoms with Crippen molar-refractivity contribution in [1.82, 2.24) is 0 Å². The number of hydrogen-bond donors (Lipinski definition) is 0. The molecule has 2 aromatic carbocycles. The summed E-state index contributed by atoms with van der Waals surface area (Å²) < 4.78 is 10.6. The Balaban J connectivity index is 1.51. The minimum Gasteiger partial charge on any atom is -0.454 e. The zero-order chi connectivity index (χ0) is 21.1. The maximum atomic E-state index is 12.8. The Bertz CT molecular complexity index is 997. The first-order valence-corrected chi connectivity index (χ1v) is 9.96. The van der Waals surface area contributed by atoms with Crippen LogP contribution in [0.4, 0.5) is 11.4 Å². The number of non-ortho nitro benzene ring substituents is 1. The first-order chi connectivity index (χ1) is 14.5. The summed E-state index contributed by atoms with van der Waals surface area (Å²) in [6.07, 6.45) is 3.06. The van der Waals surface area contributed by atoms with Gasteiger partial charge in [0.25, 0.3) is 5.69 Å². The first-order valence-electron chi connectivity index (χ1n) is 9.96. The second-order valence-corrected chi connectivity index (χ2v) is 7.39. The second kappa shape index (κ2) is 8.62. The predicted octanol–water partition coefficient (Wildman–Crippen LogP) is 2.96. The van der Waals surface area contributed by atoms with Crippen molar-refractivity contribution in [2.24, 2.45) is 0 Å². The molecule has 0 amide bonds. The number of carbonyl (C=O) groups is 2. The molecule has 30 heavy (non-hydrogen) atoms. The molecule has 0 saturated carbocycles. The van der Waals surface area contributed by atoms with E-state index >= 15 is 0 Å². The number of nitro groups is 1. The summed E-state index contributed by atoms with van der Waals surface area (Å²) in [6, 6.07) is 9.68. The average Bonchev–Trinajstić information content (AvgIpc) is 3.25. The van der Waals surface area contributed by atoms with Gasteiger partial charge in [-0.05, 0) is 42.5 Å². The number of benzene rings is 2. The Hall–Kier alpha value is -3.26. The fraction of sp³-hybridized carbons (Fsp3) is 0.364. The molecule has 0 unspecified atom stereocenters. The largest absolute Gasteiger partial charge is 0.454 e. The van der Waals surface area contributed by atoms with E-state index in [0.29, 0.717) is 37.6 Å². The second-order valence-electron chi connectivity index (χ2n) is 7.39. The van der Waals surface area contributed by atoms with E-state index in [1.807, 2.05) is 17.0 Å². The van der Waals surface area contributed by atoms with Crippen molar-refractivity contribution >= 4 is 23.1 Å². The Morgan fingerprint density at radius 2 is 1.83 bits per heavy atom. The number of carbonyl (C=O) groups excluding carboxylic acids is 2. The first kappa shape index (κ1) is 20.0. The molecule has 1 fully saturated rings. The maximum absolute atomic E-state index is 12.8. The number of esters is 1. The maximum Gasteiger partial charge on any atom is 0.340 e. The summed E-state index contributed by atoms with van der Waals surface area (Å²) in [7, 11) is 0. The number of anilines is 1. The van der Waals surface area contributed by atoms with Crippen molar-refractivity contribution in [1.29, 1.82) is 0 Å². The van der Waals surface area contributed by atoms with E-state index < -0.39 is 17.5 Å². The van der Waals surface area contributed by atoms with E-state index in [0.717, 1.165) is 19.3 Å². The zero-order valence-corrected chi connectivity index (χ0v) is 16.5. The summed E-state index contributed by atoms with van der Waals surface area (Å²) in [5.41, 5.74) is 3.35. The normalized spacial score (nSPS) is 15.5. The van der Waals surface area contributed by atoms with E-state index in [-0.39, 0.29) is 17.0 Å². The quantitative estimate of drug-likeness (QED) is 0.312. The number of ether oxygens (including phenoxy) is 2. The summed E-state index contributed by atoms with van der Waals surface area (Å²) in [6.45, 7) is 1.71. The van der Waals surface area contributed by atoms with Crippen LogP contribution in [0, 0.1) is 10.1 Å². The van der Waals surface area contributed by atoms with Crippen molar-refractivity contribution in [3.63, 3.8) is 0 Å². The lowest BCUT2D eigenvalue weighted by atomic mass is 10.0. The van der Waals surface area contributed by atoms with Crippen LogP contribution < -0.4 is 4.90 Å². The van der Waals surface area contributed by atoms with Gasteiger partial charge in [-0.25, -0.2) is 4.79 Å². The van der Waals surface area contributed by atoms with Gasteiger partial charge in [-0.3, -0.25) is 14.9 Å². The highest BCUT2D eigenvalue weighted by Crippen LogP contribution is 2.27. The van der Waals surface area contributed by atoms with Crippen LogP contribution in [-0.2, 0) is 22.3 Å². The molecule has 8 nitrogen and oxygen atoms in total. The lowest BCUT2D eigenvalue weighted by Crippen LogP contribution is -2.37. The molecule has 0 bridgehead atoms. The fourth-order valence-electron chi connectivity index (χ4n) is 3.92. The standard InChI is InChI=1S/C22H22N2O6/c25-21(17-5-4-15-2-1-3-16(15)12-17)14-30-22(26)19-13-18(24(27)28)6-7-20(19)23-8-10-29-11-9-23/h4-7,12-13H,1-3,8-11,14H2. The van der Waals surface area contributed by atoms with Crippen molar-refractivity contribution in [3.05, 3.63) is 68.8 Å². The third-order valence-electron chi connectivity index (χ3n) is 5.52. The molecule has 1 aliphatic heterocycles. The Kier molecular flexibility index (Phi) is 5.76. The Morgan fingerprint density at radius 3 is 2.60 bits per heavy atom. The number of hydrogen-bond acceptors (Lipinski definition) is 7. The van der Waals surface area contributed by atoms with Gasteiger partial charge < -0.3 is 14.4 Å². The number of nitrogens with zero attached hydrogens (tertiary/aromatic N) is 2.